The Bertz CT molecular complexity index is 173. The minimum Gasteiger partial charge on any atom is -0.355 e. The highest BCUT2D eigenvalue weighted by atomic mass is 32.2. The lowest BCUT2D eigenvalue weighted by Gasteiger charge is -2.08. The van der Waals surface area contributed by atoms with E-state index in [-0.39, 0.29) is 11.8 Å². The largest absolute Gasteiger partial charge is 0.355 e. The molecule has 0 saturated heterocycles. The first-order valence-corrected chi connectivity index (χ1v) is 5.58. The van der Waals surface area contributed by atoms with Gasteiger partial charge in [0.15, 0.2) is 0 Å². The van der Waals surface area contributed by atoms with Crippen LogP contribution in [0, 0.1) is 5.92 Å². The van der Waals surface area contributed by atoms with E-state index in [1.54, 1.807) is 13.2 Å². The normalized spacial score (nSPS) is 15.2. The van der Waals surface area contributed by atoms with E-state index in [0.29, 0.717) is 18.8 Å². The first kappa shape index (κ1) is 11.6. The Morgan fingerprint density at radius 3 is 2.67 bits per heavy atom. The Kier molecular flexibility index (Phi) is 5.92. The van der Waals surface area contributed by atoms with Crippen molar-refractivity contribution in [2.24, 2.45) is 11.7 Å². The SMILES string of the molecule is CC(CN)C(=O)NCCS(C)=O. The van der Waals surface area contributed by atoms with E-state index in [1.165, 1.54) is 0 Å². The zero-order valence-corrected chi connectivity index (χ0v) is 8.32. The average molecular weight is 192 g/mol. The van der Waals surface area contributed by atoms with Crippen molar-refractivity contribution in [2.45, 2.75) is 6.92 Å². The van der Waals surface area contributed by atoms with Gasteiger partial charge in [-0.3, -0.25) is 9.00 Å². The standard InChI is InChI=1S/C7H16N2O2S/c1-6(5-8)7(10)9-3-4-12(2)11/h6H,3-5,8H2,1-2H3,(H,9,10). The van der Waals surface area contributed by atoms with E-state index < -0.39 is 10.8 Å². The van der Waals surface area contributed by atoms with Crippen LogP contribution in [0.4, 0.5) is 0 Å². The Balaban J connectivity index is 3.50. The van der Waals surface area contributed by atoms with Gasteiger partial charge >= 0.3 is 0 Å². The van der Waals surface area contributed by atoms with Gasteiger partial charge in [-0.2, -0.15) is 0 Å². The molecule has 0 fully saturated rings. The Morgan fingerprint density at radius 2 is 2.25 bits per heavy atom. The van der Waals surface area contributed by atoms with Gasteiger partial charge in [0.25, 0.3) is 0 Å². The molecule has 0 heterocycles. The summed E-state index contributed by atoms with van der Waals surface area (Å²) in [5.74, 6) is 0.279. The summed E-state index contributed by atoms with van der Waals surface area (Å²) in [5, 5.41) is 2.65. The molecule has 0 aromatic heterocycles. The predicted molar refractivity (Wildman–Crippen MR) is 50.2 cm³/mol. The van der Waals surface area contributed by atoms with Crippen LogP contribution in [0.2, 0.25) is 0 Å². The number of carbonyl (C=O) groups is 1. The van der Waals surface area contributed by atoms with Gasteiger partial charge in [-0.25, -0.2) is 0 Å². The topological polar surface area (TPSA) is 72.2 Å². The van der Waals surface area contributed by atoms with Crippen molar-refractivity contribution in [1.29, 1.82) is 0 Å². The van der Waals surface area contributed by atoms with Gasteiger partial charge in [0.05, 0.1) is 0 Å². The summed E-state index contributed by atoms with van der Waals surface area (Å²) in [4.78, 5) is 11.1. The first-order valence-electron chi connectivity index (χ1n) is 3.85. The van der Waals surface area contributed by atoms with Crippen molar-refractivity contribution in [3.05, 3.63) is 0 Å². The lowest BCUT2D eigenvalue weighted by atomic mass is 10.2. The zero-order valence-electron chi connectivity index (χ0n) is 7.50. The zero-order chi connectivity index (χ0) is 9.56. The molecular weight excluding hydrogens is 176 g/mol. The lowest BCUT2D eigenvalue weighted by Crippen LogP contribution is -2.35. The molecule has 0 aliphatic rings. The summed E-state index contributed by atoms with van der Waals surface area (Å²) >= 11 is 0. The minimum absolute atomic E-state index is 0.0667. The Hall–Kier alpha value is -0.420. The molecule has 4 nitrogen and oxygen atoms in total. The van der Waals surface area contributed by atoms with E-state index >= 15 is 0 Å². The second kappa shape index (κ2) is 6.14. The number of rotatable bonds is 5. The van der Waals surface area contributed by atoms with Crippen LogP contribution >= 0.6 is 0 Å². The van der Waals surface area contributed by atoms with Crippen LogP contribution in [0.25, 0.3) is 0 Å². The molecule has 2 unspecified atom stereocenters. The number of hydrogen-bond acceptors (Lipinski definition) is 3. The molecule has 1 amide bonds. The summed E-state index contributed by atoms with van der Waals surface area (Å²) in [7, 11) is -0.843. The molecule has 0 saturated carbocycles. The molecule has 12 heavy (non-hydrogen) atoms. The number of hydrogen-bond donors (Lipinski definition) is 2. The molecule has 0 aromatic carbocycles. The Labute approximate surface area is 75.4 Å². The third kappa shape index (κ3) is 5.26. The van der Waals surface area contributed by atoms with Gasteiger partial charge in [-0.15, -0.1) is 0 Å². The van der Waals surface area contributed by atoms with Gasteiger partial charge in [-0.05, 0) is 0 Å². The van der Waals surface area contributed by atoms with E-state index in [0.717, 1.165) is 0 Å². The van der Waals surface area contributed by atoms with Gasteiger partial charge in [0.2, 0.25) is 5.91 Å². The molecule has 0 aliphatic carbocycles. The molecule has 5 heteroatoms. The van der Waals surface area contributed by atoms with Crippen LogP contribution < -0.4 is 11.1 Å². The van der Waals surface area contributed by atoms with Crippen LogP contribution in [0.15, 0.2) is 0 Å². The van der Waals surface area contributed by atoms with E-state index in [4.69, 9.17) is 5.73 Å². The summed E-state index contributed by atoms with van der Waals surface area (Å²) in [6.07, 6.45) is 1.61. The molecule has 0 aliphatic heterocycles. The second-order valence-electron chi connectivity index (χ2n) is 2.71. The molecule has 0 radical (unpaired) electrons. The summed E-state index contributed by atoms with van der Waals surface area (Å²) in [5.41, 5.74) is 5.28. The van der Waals surface area contributed by atoms with Crippen molar-refractivity contribution in [3.8, 4) is 0 Å². The highest BCUT2D eigenvalue weighted by Gasteiger charge is 2.09. The Morgan fingerprint density at radius 1 is 1.67 bits per heavy atom. The third-order valence-corrected chi connectivity index (χ3v) is 2.27. The minimum atomic E-state index is -0.843. The van der Waals surface area contributed by atoms with Gasteiger partial charge in [0, 0.05) is 41.8 Å². The van der Waals surface area contributed by atoms with Gasteiger partial charge < -0.3 is 11.1 Å². The van der Waals surface area contributed by atoms with Gasteiger partial charge in [-0.1, -0.05) is 6.92 Å². The number of carbonyl (C=O) groups excluding carboxylic acids is 1. The maximum absolute atomic E-state index is 11.1. The lowest BCUT2D eigenvalue weighted by molar-refractivity contribution is -0.124. The van der Waals surface area contributed by atoms with Crippen LogP contribution in [-0.2, 0) is 15.6 Å². The summed E-state index contributed by atoms with van der Waals surface area (Å²) in [6, 6.07) is 0. The molecule has 0 aromatic rings. The van der Waals surface area contributed by atoms with Crippen molar-refractivity contribution >= 4 is 16.7 Å². The van der Waals surface area contributed by atoms with Crippen molar-refractivity contribution < 1.29 is 9.00 Å². The molecular formula is C7H16N2O2S. The van der Waals surface area contributed by atoms with Crippen LogP contribution in [0.3, 0.4) is 0 Å². The van der Waals surface area contributed by atoms with Crippen molar-refractivity contribution in [1.82, 2.24) is 5.32 Å². The predicted octanol–water partition coefficient (Wildman–Crippen LogP) is -0.924. The summed E-state index contributed by atoms with van der Waals surface area (Å²) in [6.45, 7) is 2.57. The smallest absolute Gasteiger partial charge is 0.224 e. The van der Waals surface area contributed by atoms with Crippen molar-refractivity contribution in [2.75, 3.05) is 25.1 Å². The van der Waals surface area contributed by atoms with Crippen LogP contribution in [0.5, 0.6) is 0 Å². The first-order chi connectivity index (χ1) is 5.57. The maximum atomic E-state index is 11.1. The molecule has 0 bridgehead atoms. The number of amides is 1. The van der Waals surface area contributed by atoms with Gasteiger partial charge in [0.1, 0.15) is 0 Å². The number of nitrogens with one attached hydrogen (secondary N) is 1. The molecule has 2 atom stereocenters. The van der Waals surface area contributed by atoms with Crippen LogP contribution in [-0.4, -0.2) is 35.2 Å². The molecule has 3 N–H and O–H groups in total. The quantitative estimate of drug-likeness (QED) is 0.591. The van der Waals surface area contributed by atoms with Crippen molar-refractivity contribution in [3.63, 3.8) is 0 Å². The molecule has 0 spiro atoms. The fraction of sp³-hybridized carbons (Fsp3) is 0.857. The molecule has 0 rings (SSSR count). The highest BCUT2D eigenvalue weighted by molar-refractivity contribution is 7.84. The third-order valence-electron chi connectivity index (χ3n) is 1.49. The maximum Gasteiger partial charge on any atom is 0.224 e. The second-order valence-corrected chi connectivity index (χ2v) is 4.26. The van der Waals surface area contributed by atoms with E-state index in [9.17, 15) is 9.00 Å². The highest BCUT2D eigenvalue weighted by Crippen LogP contribution is 1.89. The van der Waals surface area contributed by atoms with Crippen LogP contribution in [0.1, 0.15) is 6.92 Å². The summed E-state index contributed by atoms with van der Waals surface area (Å²) < 4.78 is 10.6. The fourth-order valence-corrected chi connectivity index (χ4v) is 0.989. The molecule has 72 valence electrons. The number of nitrogens with two attached hydrogens (primary N) is 1. The fourth-order valence-electron chi connectivity index (χ4n) is 0.599. The van der Waals surface area contributed by atoms with E-state index in [2.05, 4.69) is 5.32 Å². The van der Waals surface area contributed by atoms with E-state index in [1.807, 2.05) is 0 Å². The monoisotopic (exact) mass is 192 g/mol. The average Bonchev–Trinajstić information content (AvgIpc) is 2.02.